The summed E-state index contributed by atoms with van der Waals surface area (Å²) in [6.45, 7) is 2.07. The summed E-state index contributed by atoms with van der Waals surface area (Å²) in [7, 11) is 0. The standard InChI is InChI=1S/C8H7BrN2/c1-6-3-2-4-7-5-10-11(9)8(6)7/h2-5H,1H3. The van der Waals surface area contributed by atoms with E-state index >= 15 is 0 Å². The molecule has 0 aliphatic heterocycles. The van der Waals surface area contributed by atoms with Crippen LogP contribution in [0.2, 0.25) is 0 Å². The molecule has 0 aliphatic rings. The third-order valence-corrected chi connectivity index (χ3v) is 2.29. The highest BCUT2D eigenvalue weighted by molar-refractivity contribution is 9.08. The minimum Gasteiger partial charge on any atom is -0.197 e. The summed E-state index contributed by atoms with van der Waals surface area (Å²) in [5, 5.41) is 5.26. The fraction of sp³-hybridized carbons (Fsp3) is 0.125. The lowest BCUT2D eigenvalue weighted by Crippen LogP contribution is -1.82. The van der Waals surface area contributed by atoms with Crippen LogP contribution in [0.5, 0.6) is 0 Å². The van der Waals surface area contributed by atoms with Crippen molar-refractivity contribution in [3.63, 3.8) is 0 Å². The molecule has 1 heterocycles. The van der Waals surface area contributed by atoms with Crippen LogP contribution in [-0.2, 0) is 0 Å². The Labute approximate surface area is 73.2 Å². The van der Waals surface area contributed by atoms with Crippen LogP contribution in [0.1, 0.15) is 5.56 Å². The number of fused-ring (bicyclic) bond motifs is 1. The van der Waals surface area contributed by atoms with Gasteiger partial charge in [0.25, 0.3) is 0 Å². The van der Waals surface area contributed by atoms with Gasteiger partial charge in [0.2, 0.25) is 0 Å². The van der Waals surface area contributed by atoms with Gasteiger partial charge >= 0.3 is 0 Å². The van der Waals surface area contributed by atoms with E-state index in [0.717, 1.165) is 5.52 Å². The van der Waals surface area contributed by atoms with Gasteiger partial charge in [-0.05, 0) is 12.5 Å². The van der Waals surface area contributed by atoms with E-state index < -0.39 is 0 Å². The first kappa shape index (κ1) is 6.85. The maximum absolute atomic E-state index is 4.09. The number of aryl methyl sites for hydroxylation is 1. The molecule has 56 valence electrons. The van der Waals surface area contributed by atoms with Crippen LogP contribution in [0.3, 0.4) is 0 Å². The minimum atomic E-state index is 1.15. The van der Waals surface area contributed by atoms with Crippen LogP contribution in [0.15, 0.2) is 24.4 Å². The Kier molecular flexibility index (Phi) is 1.46. The van der Waals surface area contributed by atoms with E-state index in [1.807, 2.05) is 18.3 Å². The summed E-state index contributed by atoms with van der Waals surface area (Å²) in [5.74, 6) is 0. The van der Waals surface area contributed by atoms with Gasteiger partial charge in [-0.2, -0.15) is 8.81 Å². The molecular formula is C8H7BrN2. The highest BCUT2D eigenvalue weighted by atomic mass is 79.9. The second kappa shape index (κ2) is 2.34. The molecule has 0 aliphatic carbocycles. The molecule has 2 aromatic rings. The molecule has 11 heavy (non-hydrogen) atoms. The largest absolute Gasteiger partial charge is 0.197 e. The molecule has 3 heteroatoms. The maximum atomic E-state index is 4.09. The summed E-state index contributed by atoms with van der Waals surface area (Å²) in [4.78, 5) is 0. The number of nitrogens with zero attached hydrogens (tertiary/aromatic N) is 2. The lowest BCUT2D eigenvalue weighted by Gasteiger charge is -1.95. The molecule has 1 aromatic heterocycles. The van der Waals surface area contributed by atoms with Gasteiger partial charge in [-0.25, -0.2) is 0 Å². The molecule has 0 bridgehead atoms. The number of hydrogen-bond acceptors (Lipinski definition) is 1. The third-order valence-electron chi connectivity index (χ3n) is 1.75. The first-order valence-corrected chi connectivity index (χ1v) is 4.09. The molecular weight excluding hydrogens is 204 g/mol. The summed E-state index contributed by atoms with van der Waals surface area (Å²) < 4.78 is 1.72. The van der Waals surface area contributed by atoms with Crippen LogP contribution in [0.25, 0.3) is 10.9 Å². The molecule has 0 saturated carbocycles. The number of hydrogen-bond donors (Lipinski definition) is 0. The van der Waals surface area contributed by atoms with E-state index in [9.17, 15) is 0 Å². The highest BCUT2D eigenvalue weighted by Crippen LogP contribution is 2.18. The van der Waals surface area contributed by atoms with Gasteiger partial charge < -0.3 is 0 Å². The molecule has 0 atom stereocenters. The Bertz CT molecular complexity index is 392. The number of halogens is 1. The van der Waals surface area contributed by atoms with E-state index in [-0.39, 0.29) is 0 Å². The second-order valence-corrected chi connectivity index (χ2v) is 3.19. The molecule has 0 saturated heterocycles. The molecule has 0 fully saturated rings. The fourth-order valence-electron chi connectivity index (χ4n) is 1.21. The molecule has 0 amide bonds. The maximum Gasteiger partial charge on any atom is 0.0842 e. The molecule has 2 rings (SSSR count). The zero-order valence-electron chi connectivity index (χ0n) is 6.08. The van der Waals surface area contributed by atoms with Crippen LogP contribution in [0.4, 0.5) is 0 Å². The Balaban J connectivity index is 2.96. The molecule has 0 unspecified atom stereocenters. The number of aromatic nitrogens is 2. The number of para-hydroxylation sites is 1. The predicted molar refractivity (Wildman–Crippen MR) is 48.8 cm³/mol. The summed E-state index contributed by atoms with van der Waals surface area (Å²) in [6.07, 6.45) is 1.84. The number of benzene rings is 1. The van der Waals surface area contributed by atoms with Gasteiger partial charge in [0.1, 0.15) is 0 Å². The zero-order chi connectivity index (χ0) is 7.84. The quantitative estimate of drug-likeness (QED) is 0.654. The molecule has 0 spiro atoms. The van der Waals surface area contributed by atoms with Crippen molar-refractivity contribution >= 4 is 27.1 Å². The van der Waals surface area contributed by atoms with Gasteiger partial charge in [0.15, 0.2) is 0 Å². The highest BCUT2D eigenvalue weighted by Gasteiger charge is 2.00. The van der Waals surface area contributed by atoms with E-state index in [4.69, 9.17) is 0 Å². The van der Waals surface area contributed by atoms with E-state index in [1.165, 1.54) is 10.9 Å². The molecule has 1 aromatic carbocycles. The lowest BCUT2D eigenvalue weighted by atomic mass is 10.2. The van der Waals surface area contributed by atoms with Crippen LogP contribution >= 0.6 is 16.1 Å². The van der Waals surface area contributed by atoms with Gasteiger partial charge in [-0.3, -0.25) is 0 Å². The predicted octanol–water partition coefficient (Wildman–Crippen LogP) is 2.50. The van der Waals surface area contributed by atoms with Crippen molar-refractivity contribution in [2.75, 3.05) is 0 Å². The second-order valence-electron chi connectivity index (χ2n) is 2.52. The molecule has 0 radical (unpaired) electrons. The Morgan fingerprint density at radius 3 is 3.00 bits per heavy atom. The van der Waals surface area contributed by atoms with Crippen LogP contribution in [-0.4, -0.2) is 8.81 Å². The average Bonchev–Trinajstić information content (AvgIpc) is 2.34. The monoisotopic (exact) mass is 210 g/mol. The van der Waals surface area contributed by atoms with Crippen molar-refractivity contribution in [1.29, 1.82) is 0 Å². The van der Waals surface area contributed by atoms with Crippen molar-refractivity contribution < 1.29 is 0 Å². The summed E-state index contributed by atoms with van der Waals surface area (Å²) >= 11 is 3.32. The van der Waals surface area contributed by atoms with Gasteiger partial charge in [0.05, 0.1) is 27.9 Å². The Morgan fingerprint density at radius 1 is 1.45 bits per heavy atom. The van der Waals surface area contributed by atoms with E-state index in [0.29, 0.717) is 0 Å². The van der Waals surface area contributed by atoms with Crippen molar-refractivity contribution in [3.8, 4) is 0 Å². The smallest absolute Gasteiger partial charge is 0.0842 e. The first-order valence-electron chi connectivity index (χ1n) is 3.38. The first-order chi connectivity index (χ1) is 5.29. The van der Waals surface area contributed by atoms with Gasteiger partial charge in [-0.15, -0.1) is 0 Å². The zero-order valence-corrected chi connectivity index (χ0v) is 7.67. The van der Waals surface area contributed by atoms with Gasteiger partial charge in [-0.1, -0.05) is 18.2 Å². The molecule has 2 nitrogen and oxygen atoms in total. The normalized spacial score (nSPS) is 10.7. The average molecular weight is 211 g/mol. The SMILES string of the molecule is Cc1cccc2cnn(Br)c12. The Hall–Kier alpha value is -0.830. The fourth-order valence-corrected chi connectivity index (χ4v) is 1.78. The van der Waals surface area contributed by atoms with E-state index in [2.05, 4.69) is 34.2 Å². The van der Waals surface area contributed by atoms with Gasteiger partial charge in [0, 0.05) is 5.39 Å². The third kappa shape index (κ3) is 0.959. The van der Waals surface area contributed by atoms with Crippen molar-refractivity contribution in [2.24, 2.45) is 0 Å². The minimum absolute atomic E-state index is 1.15. The van der Waals surface area contributed by atoms with Crippen molar-refractivity contribution in [1.82, 2.24) is 8.81 Å². The topological polar surface area (TPSA) is 17.8 Å². The van der Waals surface area contributed by atoms with Crippen molar-refractivity contribution in [3.05, 3.63) is 30.0 Å². The summed E-state index contributed by atoms with van der Waals surface area (Å²) in [5.41, 5.74) is 2.38. The van der Waals surface area contributed by atoms with Crippen LogP contribution < -0.4 is 0 Å². The van der Waals surface area contributed by atoms with Crippen LogP contribution in [0, 0.1) is 6.92 Å². The summed E-state index contributed by atoms with van der Waals surface area (Å²) in [6, 6.07) is 6.15. The lowest BCUT2D eigenvalue weighted by molar-refractivity contribution is 1.06. The Morgan fingerprint density at radius 2 is 2.27 bits per heavy atom. The number of rotatable bonds is 0. The van der Waals surface area contributed by atoms with Crippen molar-refractivity contribution in [2.45, 2.75) is 6.92 Å². The van der Waals surface area contributed by atoms with E-state index in [1.54, 1.807) is 3.71 Å². The molecule has 0 N–H and O–H groups in total.